The largest absolute Gasteiger partial charge is 0.377 e. The maximum atomic E-state index is 2.10. The van der Waals surface area contributed by atoms with E-state index in [1.807, 2.05) is 32.3 Å². The zero-order chi connectivity index (χ0) is 10.7. The predicted octanol–water partition coefficient (Wildman–Crippen LogP) is 2.03. The van der Waals surface area contributed by atoms with Gasteiger partial charge in [0.05, 0.1) is 0 Å². The van der Waals surface area contributed by atoms with Gasteiger partial charge in [-0.15, -0.1) is 0 Å². The topological polar surface area (TPSA) is 7.12 Å². The van der Waals surface area contributed by atoms with Crippen molar-refractivity contribution in [1.29, 1.82) is 0 Å². The molecule has 0 bridgehead atoms. The van der Waals surface area contributed by atoms with Crippen LogP contribution in [-0.2, 0) is 0 Å². The minimum Gasteiger partial charge on any atom is -0.377 e. The van der Waals surface area contributed by atoms with Crippen molar-refractivity contribution in [3.05, 3.63) is 54.9 Å². The van der Waals surface area contributed by atoms with Crippen LogP contribution in [0, 0.1) is 0 Å². The van der Waals surface area contributed by atoms with E-state index in [2.05, 4.69) is 46.1 Å². The van der Waals surface area contributed by atoms with Gasteiger partial charge >= 0.3 is 0 Å². The highest BCUT2D eigenvalue weighted by Gasteiger charge is 2.04. The van der Waals surface area contributed by atoms with E-state index in [4.69, 9.17) is 0 Å². The Labute approximate surface area is 90.4 Å². The van der Waals surface area contributed by atoms with Gasteiger partial charge in [-0.05, 0) is 0 Å². The fraction of sp³-hybridized carbons (Fsp3) is 0.154. The van der Waals surface area contributed by atoms with E-state index in [1.54, 1.807) is 0 Å². The van der Waals surface area contributed by atoms with E-state index in [0.29, 0.717) is 0 Å². The first-order valence-corrected chi connectivity index (χ1v) is 5.01. The van der Waals surface area contributed by atoms with Crippen LogP contribution in [0.15, 0.2) is 54.9 Å². The van der Waals surface area contributed by atoms with Crippen LogP contribution in [0.1, 0.15) is 0 Å². The molecule has 1 heterocycles. The third-order valence-electron chi connectivity index (χ3n) is 2.38. The predicted molar refractivity (Wildman–Crippen MR) is 62.3 cm³/mol. The van der Waals surface area contributed by atoms with E-state index in [0.717, 1.165) is 0 Å². The molecule has 0 aliphatic heterocycles. The standard InChI is InChI=1S/C13H15N2/c1-14(2)12-8-10-15(11-9-12)13-6-4-3-5-7-13/h3-11H,1-2H3/q+1. The molecule has 1 aromatic heterocycles. The van der Waals surface area contributed by atoms with Crippen LogP contribution in [0.5, 0.6) is 0 Å². The first-order valence-electron chi connectivity index (χ1n) is 5.01. The number of para-hydroxylation sites is 1. The number of pyridine rings is 1. The summed E-state index contributed by atoms with van der Waals surface area (Å²) in [5, 5.41) is 0. The molecule has 0 aliphatic carbocycles. The average Bonchev–Trinajstić information content (AvgIpc) is 2.30. The molecule has 0 fully saturated rings. The van der Waals surface area contributed by atoms with Gasteiger partial charge < -0.3 is 4.90 Å². The van der Waals surface area contributed by atoms with E-state index in [-0.39, 0.29) is 0 Å². The summed E-state index contributed by atoms with van der Waals surface area (Å²) < 4.78 is 2.10. The van der Waals surface area contributed by atoms with Gasteiger partial charge in [-0.1, -0.05) is 18.2 Å². The van der Waals surface area contributed by atoms with Crippen molar-refractivity contribution < 1.29 is 4.57 Å². The van der Waals surface area contributed by atoms with Crippen molar-refractivity contribution in [1.82, 2.24) is 0 Å². The first-order chi connectivity index (χ1) is 7.27. The Morgan fingerprint density at radius 1 is 0.867 bits per heavy atom. The summed E-state index contributed by atoms with van der Waals surface area (Å²) in [4.78, 5) is 2.09. The van der Waals surface area contributed by atoms with Gasteiger partial charge in [0.2, 0.25) is 5.69 Å². The fourth-order valence-electron chi connectivity index (χ4n) is 1.49. The first kappa shape index (κ1) is 9.71. The molecule has 2 heteroatoms. The molecule has 0 saturated heterocycles. The molecule has 0 aliphatic rings. The van der Waals surface area contributed by atoms with Crippen molar-refractivity contribution >= 4 is 5.69 Å². The fourth-order valence-corrected chi connectivity index (χ4v) is 1.49. The van der Waals surface area contributed by atoms with Crippen LogP contribution in [0.4, 0.5) is 5.69 Å². The third-order valence-corrected chi connectivity index (χ3v) is 2.38. The molecule has 0 radical (unpaired) electrons. The molecule has 0 amide bonds. The summed E-state index contributed by atoms with van der Waals surface area (Å²) in [6.45, 7) is 0. The van der Waals surface area contributed by atoms with Crippen LogP contribution < -0.4 is 9.47 Å². The molecule has 2 rings (SSSR count). The van der Waals surface area contributed by atoms with Gasteiger partial charge in [0, 0.05) is 44.0 Å². The monoisotopic (exact) mass is 199 g/mol. The van der Waals surface area contributed by atoms with Gasteiger partial charge in [0.15, 0.2) is 12.4 Å². The average molecular weight is 199 g/mol. The molecule has 2 aromatic rings. The number of nitrogens with zero attached hydrogens (tertiary/aromatic N) is 2. The van der Waals surface area contributed by atoms with Gasteiger partial charge in [-0.3, -0.25) is 0 Å². The van der Waals surface area contributed by atoms with E-state index in [9.17, 15) is 0 Å². The quantitative estimate of drug-likeness (QED) is 0.671. The molecule has 15 heavy (non-hydrogen) atoms. The molecule has 0 saturated carbocycles. The number of anilines is 1. The highest BCUT2D eigenvalue weighted by atomic mass is 15.1. The summed E-state index contributed by atoms with van der Waals surface area (Å²) in [5.74, 6) is 0. The van der Waals surface area contributed by atoms with Crippen molar-refractivity contribution in [2.45, 2.75) is 0 Å². The molecule has 76 valence electrons. The second kappa shape index (κ2) is 4.13. The molecule has 0 unspecified atom stereocenters. The zero-order valence-corrected chi connectivity index (χ0v) is 9.09. The highest BCUT2D eigenvalue weighted by Crippen LogP contribution is 2.07. The normalized spacial score (nSPS) is 10.0. The Hall–Kier alpha value is -1.83. The van der Waals surface area contributed by atoms with Gasteiger partial charge in [0.1, 0.15) is 0 Å². The van der Waals surface area contributed by atoms with E-state index >= 15 is 0 Å². The van der Waals surface area contributed by atoms with E-state index in [1.165, 1.54) is 11.4 Å². The third kappa shape index (κ3) is 2.15. The molecule has 2 nitrogen and oxygen atoms in total. The highest BCUT2D eigenvalue weighted by molar-refractivity contribution is 5.41. The van der Waals surface area contributed by atoms with Gasteiger partial charge in [-0.2, -0.15) is 4.57 Å². The number of aromatic nitrogens is 1. The van der Waals surface area contributed by atoms with E-state index < -0.39 is 0 Å². The number of benzene rings is 1. The summed E-state index contributed by atoms with van der Waals surface area (Å²) in [7, 11) is 4.09. The lowest BCUT2D eigenvalue weighted by molar-refractivity contribution is -0.595. The SMILES string of the molecule is CN(C)c1cc[n+](-c2ccccc2)cc1. The minimum absolute atomic E-state index is 1.18. The summed E-state index contributed by atoms with van der Waals surface area (Å²) >= 11 is 0. The maximum Gasteiger partial charge on any atom is 0.210 e. The van der Waals surface area contributed by atoms with Crippen LogP contribution in [0.3, 0.4) is 0 Å². The second-order valence-electron chi connectivity index (χ2n) is 3.69. The molecule has 0 spiro atoms. The Bertz CT molecular complexity index is 418. The number of hydrogen-bond donors (Lipinski definition) is 0. The lowest BCUT2D eigenvalue weighted by Crippen LogP contribution is -2.29. The molecular formula is C13H15N2+. The van der Waals surface area contributed by atoms with Crippen molar-refractivity contribution in [3.8, 4) is 5.69 Å². The molecular weight excluding hydrogens is 184 g/mol. The second-order valence-corrected chi connectivity index (χ2v) is 3.69. The van der Waals surface area contributed by atoms with Crippen LogP contribution in [-0.4, -0.2) is 14.1 Å². The van der Waals surface area contributed by atoms with Crippen molar-refractivity contribution in [3.63, 3.8) is 0 Å². The molecule has 0 N–H and O–H groups in total. The Morgan fingerprint density at radius 2 is 1.47 bits per heavy atom. The minimum atomic E-state index is 1.18. The summed E-state index contributed by atoms with van der Waals surface area (Å²) in [6.07, 6.45) is 4.15. The van der Waals surface area contributed by atoms with Crippen LogP contribution in [0.25, 0.3) is 5.69 Å². The summed E-state index contributed by atoms with van der Waals surface area (Å²) in [5.41, 5.74) is 2.39. The molecule has 0 atom stereocenters. The van der Waals surface area contributed by atoms with Gasteiger partial charge in [0.25, 0.3) is 0 Å². The number of hydrogen-bond acceptors (Lipinski definition) is 1. The number of rotatable bonds is 2. The van der Waals surface area contributed by atoms with Crippen LogP contribution in [0.2, 0.25) is 0 Å². The molecule has 1 aromatic carbocycles. The summed E-state index contributed by atoms with van der Waals surface area (Å²) in [6, 6.07) is 14.5. The lowest BCUT2D eigenvalue weighted by atomic mass is 10.3. The van der Waals surface area contributed by atoms with Crippen molar-refractivity contribution in [2.24, 2.45) is 0 Å². The smallest absolute Gasteiger partial charge is 0.210 e. The lowest BCUT2D eigenvalue weighted by Gasteiger charge is -2.10. The zero-order valence-electron chi connectivity index (χ0n) is 9.09. The Kier molecular flexibility index (Phi) is 2.68. The Balaban J connectivity index is 2.32. The van der Waals surface area contributed by atoms with Crippen molar-refractivity contribution in [2.75, 3.05) is 19.0 Å². The Morgan fingerprint density at radius 3 is 2.00 bits per heavy atom. The maximum absolute atomic E-state index is 2.10. The van der Waals surface area contributed by atoms with Crippen LogP contribution >= 0.6 is 0 Å². The van der Waals surface area contributed by atoms with Gasteiger partial charge in [-0.25, -0.2) is 0 Å².